The van der Waals surface area contributed by atoms with Gasteiger partial charge in [0.1, 0.15) is 12.0 Å². The number of amides is 1. The molecule has 0 radical (unpaired) electrons. The molecule has 2 heterocycles. The van der Waals surface area contributed by atoms with E-state index in [-0.39, 0.29) is 11.2 Å². The summed E-state index contributed by atoms with van der Waals surface area (Å²) >= 11 is 1.57. The zero-order valence-electron chi connectivity index (χ0n) is 11.4. The highest BCUT2D eigenvalue weighted by atomic mass is 32.2. The molecule has 0 bridgehead atoms. The van der Waals surface area contributed by atoms with Gasteiger partial charge < -0.3 is 10.2 Å². The minimum absolute atomic E-state index is 0.0216. The highest BCUT2D eigenvalue weighted by Gasteiger charge is 2.21. The van der Waals surface area contributed by atoms with E-state index in [0.717, 1.165) is 31.0 Å². The van der Waals surface area contributed by atoms with Gasteiger partial charge >= 0.3 is 0 Å². The van der Waals surface area contributed by atoms with Crippen LogP contribution < -0.4 is 10.2 Å². The summed E-state index contributed by atoms with van der Waals surface area (Å²) in [7, 11) is 0. The van der Waals surface area contributed by atoms with Gasteiger partial charge in [0.2, 0.25) is 5.91 Å². The second-order valence-electron chi connectivity index (χ2n) is 4.58. The van der Waals surface area contributed by atoms with Crippen molar-refractivity contribution in [2.45, 2.75) is 31.4 Å². The number of nitrogens with one attached hydrogen (secondary N) is 1. The van der Waals surface area contributed by atoms with Crippen LogP contribution in [0.4, 0.5) is 11.5 Å². The molecule has 1 aliphatic heterocycles. The predicted molar refractivity (Wildman–Crippen MR) is 79.7 cm³/mol. The molecule has 0 aliphatic carbocycles. The van der Waals surface area contributed by atoms with Crippen LogP contribution in [-0.4, -0.2) is 40.5 Å². The summed E-state index contributed by atoms with van der Waals surface area (Å²) in [6, 6.07) is 0. The van der Waals surface area contributed by atoms with Crippen molar-refractivity contribution in [2.24, 2.45) is 0 Å². The fourth-order valence-electron chi connectivity index (χ4n) is 2.26. The smallest absolute Gasteiger partial charge is 0.237 e. The monoisotopic (exact) mass is 280 g/mol. The van der Waals surface area contributed by atoms with Gasteiger partial charge in [0, 0.05) is 13.1 Å². The average Bonchev–Trinajstić information content (AvgIpc) is 2.94. The molecule has 1 unspecified atom stereocenters. The Balaban J connectivity index is 2.13. The normalized spacial score (nSPS) is 16.4. The number of thioether (sulfide) groups is 1. The Morgan fingerprint density at radius 3 is 2.89 bits per heavy atom. The molecule has 0 saturated carbocycles. The molecule has 1 fully saturated rings. The zero-order chi connectivity index (χ0) is 13.7. The summed E-state index contributed by atoms with van der Waals surface area (Å²) in [5.41, 5.74) is 0.724. The van der Waals surface area contributed by atoms with Crippen LogP contribution in [-0.2, 0) is 4.79 Å². The quantitative estimate of drug-likeness (QED) is 0.895. The van der Waals surface area contributed by atoms with Crippen LogP contribution in [0.25, 0.3) is 0 Å². The highest BCUT2D eigenvalue weighted by molar-refractivity contribution is 7.99. The SMILES string of the molecule is CCC(SC)C(=O)Nc1cncnc1N1CCCC1. The number of aromatic nitrogens is 2. The van der Waals surface area contributed by atoms with E-state index in [0.29, 0.717) is 0 Å². The topological polar surface area (TPSA) is 58.1 Å². The molecule has 1 saturated heterocycles. The number of carbonyl (C=O) groups is 1. The van der Waals surface area contributed by atoms with Gasteiger partial charge in [-0.2, -0.15) is 11.8 Å². The summed E-state index contributed by atoms with van der Waals surface area (Å²) in [5.74, 6) is 0.877. The Kier molecular flexibility index (Phi) is 5.01. The number of rotatable bonds is 5. The molecule has 1 aromatic rings. The van der Waals surface area contributed by atoms with E-state index in [1.54, 1.807) is 18.0 Å². The first-order valence-corrected chi connectivity index (χ1v) is 7.93. The molecule has 0 spiro atoms. The molecule has 1 amide bonds. The molecule has 2 rings (SSSR count). The van der Waals surface area contributed by atoms with Gasteiger partial charge in [0.15, 0.2) is 5.82 Å². The highest BCUT2D eigenvalue weighted by Crippen LogP contribution is 2.26. The lowest BCUT2D eigenvalue weighted by Crippen LogP contribution is -2.27. The van der Waals surface area contributed by atoms with Crippen molar-refractivity contribution in [1.82, 2.24) is 9.97 Å². The fourth-order valence-corrected chi connectivity index (χ4v) is 2.87. The number of hydrogen-bond donors (Lipinski definition) is 1. The van der Waals surface area contributed by atoms with Crippen molar-refractivity contribution >= 4 is 29.2 Å². The van der Waals surface area contributed by atoms with Crippen LogP contribution >= 0.6 is 11.8 Å². The first kappa shape index (κ1) is 14.1. The van der Waals surface area contributed by atoms with Crippen LogP contribution in [0, 0.1) is 0 Å². The third-order valence-corrected chi connectivity index (χ3v) is 4.42. The summed E-state index contributed by atoms with van der Waals surface area (Å²) in [5, 5.41) is 2.94. The Morgan fingerprint density at radius 2 is 2.26 bits per heavy atom. The molecule has 5 nitrogen and oxygen atoms in total. The summed E-state index contributed by atoms with van der Waals surface area (Å²) in [6.45, 7) is 4.02. The maximum atomic E-state index is 12.1. The van der Waals surface area contributed by atoms with E-state index in [4.69, 9.17) is 0 Å². The predicted octanol–water partition coefficient (Wildman–Crippen LogP) is 2.16. The van der Waals surface area contributed by atoms with Crippen molar-refractivity contribution < 1.29 is 4.79 Å². The van der Waals surface area contributed by atoms with Gasteiger partial charge in [-0.1, -0.05) is 6.92 Å². The van der Waals surface area contributed by atoms with Crippen molar-refractivity contribution in [3.63, 3.8) is 0 Å². The molecular formula is C13H20N4OS. The van der Waals surface area contributed by atoms with E-state index in [1.807, 2.05) is 13.2 Å². The third-order valence-electron chi connectivity index (χ3n) is 3.30. The van der Waals surface area contributed by atoms with Gasteiger partial charge in [-0.3, -0.25) is 4.79 Å². The number of hydrogen-bond acceptors (Lipinski definition) is 5. The summed E-state index contributed by atoms with van der Waals surface area (Å²) in [4.78, 5) is 22.7. The minimum Gasteiger partial charge on any atom is -0.355 e. The Bertz CT molecular complexity index is 430. The molecule has 1 aliphatic rings. The van der Waals surface area contributed by atoms with E-state index in [9.17, 15) is 4.79 Å². The standard InChI is InChI=1S/C13H20N4OS/c1-3-11(19-2)13(18)16-10-8-14-9-15-12(10)17-6-4-5-7-17/h8-9,11H,3-7H2,1-2H3,(H,16,18). The molecule has 0 aromatic carbocycles. The van der Waals surface area contributed by atoms with Gasteiger partial charge in [0.25, 0.3) is 0 Å². The summed E-state index contributed by atoms with van der Waals surface area (Å²) < 4.78 is 0. The lowest BCUT2D eigenvalue weighted by atomic mass is 10.3. The first-order valence-electron chi connectivity index (χ1n) is 6.65. The van der Waals surface area contributed by atoms with E-state index in [1.165, 1.54) is 19.2 Å². The van der Waals surface area contributed by atoms with Gasteiger partial charge in [-0.25, -0.2) is 9.97 Å². The zero-order valence-corrected chi connectivity index (χ0v) is 12.2. The van der Waals surface area contributed by atoms with Crippen molar-refractivity contribution in [2.75, 3.05) is 29.6 Å². The van der Waals surface area contributed by atoms with E-state index in [2.05, 4.69) is 20.2 Å². The number of carbonyl (C=O) groups excluding carboxylic acids is 1. The molecule has 6 heteroatoms. The molecule has 1 aromatic heterocycles. The molecule has 1 N–H and O–H groups in total. The first-order chi connectivity index (χ1) is 9.26. The summed E-state index contributed by atoms with van der Waals surface area (Å²) in [6.07, 6.45) is 8.36. The van der Waals surface area contributed by atoms with Gasteiger partial charge in [-0.05, 0) is 25.5 Å². The van der Waals surface area contributed by atoms with Crippen molar-refractivity contribution in [1.29, 1.82) is 0 Å². The second-order valence-corrected chi connectivity index (χ2v) is 5.62. The Morgan fingerprint density at radius 1 is 1.53 bits per heavy atom. The minimum atomic E-state index is -0.0216. The van der Waals surface area contributed by atoms with E-state index < -0.39 is 0 Å². The second kappa shape index (κ2) is 6.75. The molecule has 19 heavy (non-hydrogen) atoms. The largest absolute Gasteiger partial charge is 0.355 e. The maximum absolute atomic E-state index is 12.1. The maximum Gasteiger partial charge on any atom is 0.237 e. The Hall–Kier alpha value is -1.30. The van der Waals surface area contributed by atoms with Crippen LogP contribution in [0.2, 0.25) is 0 Å². The lowest BCUT2D eigenvalue weighted by molar-refractivity contribution is -0.115. The number of anilines is 2. The molecule has 104 valence electrons. The van der Waals surface area contributed by atoms with Crippen LogP contribution in [0.5, 0.6) is 0 Å². The fraction of sp³-hybridized carbons (Fsp3) is 0.615. The van der Waals surface area contributed by atoms with Crippen LogP contribution in [0.15, 0.2) is 12.5 Å². The van der Waals surface area contributed by atoms with Gasteiger partial charge in [-0.15, -0.1) is 0 Å². The average molecular weight is 280 g/mol. The number of nitrogens with zero attached hydrogens (tertiary/aromatic N) is 3. The lowest BCUT2D eigenvalue weighted by Gasteiger charge is -2.20. The van der Waals surface area contributed by atoms with Crippen molar-refractivity contribution in [3.8, 4) is 0 Å². The van der Waals surface area contributed by atoms with E-state index >= 15 is 0 Å². The molecular weight excluding hydrogens is 260 g/mol. The Labute approximate surface area is 118 Å². The van der Waals surface area contributed by atoms with Crippen molar-refractivity contribution in [3.05, 3.63) is 12.5 Å². The third kappa shape index (κ3) is 3.37. The van der Waals surface area contributed by atoms with Crippen LogP contribution in [0.1, 0.15) is 26.2 Å². The van der Waals surface area contributed by atoms with Crippen LogP contribution in [0.3, 0.4) is 0 Å². The van der Waals surface area contributed by atoms with Gasteiger partial charge in [0.05, 0.1) is 11.4 Å². The molecule has 1 atom stereocenters.